The van der Waals surface area contributed by atoms with E-state index in [0.717, 1.165) is 29.8 Å². The van der Waals surface area contributed by atoms with E-state index in [9.17, 15) is 0 Å². The van der Waals surface area contributed by atoms with E-state index in [1.54, 1.807) is 6.20 Å². The van der Waals surface area contributed by atoms with Crippen molar-refractivity contribution in [3.05, 3.63) is 29.0 Å². The number of rotatable bonds is 4. The minimum absolute atomic E-state index is 0.433. The van der Waals surface area contributed by atoms with Gasteiger partial charge in [-0.25, -0.2) is 0 Å². The number of hydrogen-bond acceptors (Lipinski definition) is 2. The van der Waals surface area contributed by atoms with Crippen molar-refractivity contribution in [1.82, 2.24) is 10.3 Å². The van der Waals surface area contributed by atoms with Crippen LogP contribution >= 0.6 is 11.6 Å². The number of halogens is 1. The maximum atomic E-state index is 6.28. The van der Waals surface area contributed by atoms with E-state index in [1.165, 1.54) is 31.2 Å². The van der Waals surface area contributed by atoms with Crippen LogP contribution < -0.4 is 5.32 Å². The normalized spacial score (nSPS) is 34.1. The molecule has 2 aliphatic carbocycles. The first kappa shape index (κ1) is 12.4. The van der Waals surface area contributed by atoms with Crippen LogP contribution in [0, 0.1) is 17.3 Å². The molecule has 3 rings (SSSR count). The monoisotopic (exact) mass is 264 g/mol. The summed E-state index contributed by atoms with van der Waals surface area (Å²) in [6, 6.07) is 2.09. The topological polar surface area (TPSA) is 24.9 Å². The third-order valence-electron chi connectivity index (χ3n) is 5.03. The lowest BCUT2D eigenvalue weighted by molar-refractivity contribution is 0.160. The Bertz CT molecular complexity index is 434. The smallest absolute Gasteiger partial charge is 0.0621 e. The Kier molecular flexibility index (Phi) is 3.33. The van der Waals surface area contributed by atoms with Crippen molar-refractivity contribution < 1.29 is 0 Å². The highest BCUT2D eigenvalue weighted by Gasteiger charge is 2.50. The number of aromatic nitrogens is 1. The molecule has 1 N–H and O–H groups in total. The molecule has 0 saturated heterocycles. The van der Waals surface area contributed by atoms with Crippen molar-refractivity contribution in [2.75, 3.05) is 13.6 Å². The molecule has 18 heavy (non-hydrogen) atoms. The van der Waals surface area contributed by atoms with E-state index in [4.69, 9.17) is 11.6 Å². The average Bonchev–Trinajstić information content (AvgIpc) is 2.93. The van der Waals surface area contributed by atoms with Crippen molar-refractivity contribution >= 4 is 11.6 Å². The molecule has 3 unspecified atom stereocenters. The summed E-state index contributed by atoms with van der Waals surface area (Å²) in [6.45, 7) is 1.12. The van der Waals surface area contributed by atoms with Gasteiger partial charge in [0.15, 0.2) is 0 Å². The Labute approximate surface area is 114 Å². The minimum Gasteiger partial charge on any atom is -0.319 e. The lowest BCUT2D eigenvalue weighted by atomic mass is 9.69. The Balaban J connectivity index is 1.85. The molecule has 1 heterocycles. The molecule has 0 radical (unpaired) electrons. The maximum absolute atomic E-state index is 6.28. The molecule has 0 amide bonds. The van der Waals surface area contributed by atoms with Gasteiger partial charge in [-0.2, -0.15) is 0 Å². The second-order valence-electron chi connectivity index (χ2n) is 6.12. The highest BCUT2D eigenvalue weighted by atomic mass is 35.5. The number of hydrogen-bond donors (Lipinski definition) is 1. The molecule has 98 valence electrons. The van der Waals surface area contributed by atoms with Gasteiger partial charge in [-0.05, 0) is 61.6 Å². The molecule has 2 bridgehead atoms. The largest absolute Gasteiger partial charge is 0.319 e. The lowest BCUT2D eigenvalue weighted by Gasteiger charge is -2.38. The number of nitrogens with one attached hydrogen (secondary N) is 1. The Hall–Kier alpha value is -0.600. The number of fused-ring (bicyclic) bond motifs is 2. The van der Waals surface area contributed by atoms with E-state index in [0.29, 0.717) is 5.41 Å². The first-order chi connectivity index (χ1) is 8.73. The molecular weight excluding hydrogens is 244 g/mol. The van der Waals surface area contributed by atoms with Crippen LogP contribution in [0.25, 0.3) is 0 Å². The highest BCUT2D eigenvalue weighted by molar-refractivity contribution is 6.31. The summed E-state index contributed by atoms with van der Waals surface area (Å²) in [4.78, 5) is 4.09. The van der Waals surface area contributed by atoms with Crippen molar-refractivity contribution in [1.29, 1.82) is 0 Å². The average molecular weight is 265 g/mol. The first-order valence-corrected chi connectivity index (χ1v) is 7.34. The van der Waals surface area contributed by atoms with E-state index in [2.05, 4.69) is 23.4 Å². The number of nitrogens with zero attached hydrogens (tertiary/aromatic N) is 1. The summed E-state index contributed by atoms with van der Waals surface area (Å²) in [5, 5.41) is 4.25. The van der Waals surface area contributed by atoms with Gasteiger partial charge in [0.1, 0.15) is 0 Å². The van der Waals surface area contributed by atoms with Crippen molar-refractivity contribution in [3.63, 3.8) is 0 Å². The SMILES string of the molecule is CNCC1(Cc2ccncc2Cl)CC2CCC1C2. The predicted molar refractivity (Wildman–Crippen MR) is 74.8 cm³/mol. The van der Waals surface area contributed by atoms with E-state index < -0.39 is 0 Å². The third kappa shape index (κ3) is 2.06. The minimum atomic E-state index is 0.433. The van der Waals surface area contributed by atoms with Gasteiger partial charge >= 0.3 is 0 Å². The van der Waals surface area contributed by atoms with Gasteiger partial charge in [-0.1, -0.05) is 18.0 Å². The van der Waals surface area contributed by atoms with Crippen LogP contribution in [0.3, 0.4) is 0 Å². The van der Waals surface area contributed by atoms with Gasteiger partial charge < -0.3 is 5.32 Å². The molecule has 2 fully saturated rings. The molecule has 2 nitrogen and oxygen atoms in total. The van der Waals surface area contributed by atoms with Crippen molar-refractivity contribution in [2.24, 2.45) is 17.3 Å². The summed E-state index contributed by atoms with van der Waals surface area (Å²) in [7, 11) is 2.07. The molecule has 3 atom stereocenters. The maximum Gasteiger partial charge on any atom is 0.0621 e. The van der Waals surface area contributed by atoms with Crippen LogP contribution in [0.2, 0.25) is 5.02 Å². The molecule has 2 aliphatic rings. The second-order valence-corrected chi connectivity index (χ2v) is 6.52. The molecule has 0 aromatic carbocycles. The zero-order chi connectivity index (χ0) is 12.6. The zero-order valence-corrected chi connectivity index (χ0v) is 11.7. The summed E-state index contributed by atoms with van der Waals surface area (Å²) in [5.41, 5.74) is 1.71. The predicted octanol–water partition coefficient (Wildman–Crippen LogP) is 3.30. The fraction of sp³-hybridized carbons (Fsp3) is 0.667. The van der Waals surface area contributed by atoms with E-state index >= 15 is 0 Å². The number of pyridine rings is 1. The van der Waals surface area contributed by atoms with Gasteiger partial charge in [-0.3, -0.25) is 4.98 Å². The zero-order valence-electron chi connectivity index (χ0n) is 11.0. The first-order valence-electron chi connectivity index (χ1n) is 6.96. The fourth-order valence-electron chi connectivity index (χ4n) is 4.33. The molecule has 2 saturated carbocycles. The summed E-state index contributed by atoms with van der Waals surface area (Å²) >= 11 is 6.28. The standard InChI is InChI=1S/C15H21ClN2/c1-17-10-15(7-11-2-3-13(15)6-11)8-12-4-5-18-9-14(12)16/h4-5,9,11,13,17H,2-3,6-8,10H2,1H3. The summed E-state index contributed by atoms with van der Waals surface area (Å²) in [6.07, 6.45) is 10.4. The molecule has 0 spiro atoms. The molecule has 1 aromatic rings. The Morgan fingerprint density at radius 2 is 2.39 bits per heavy atom. The van der Waals surface area contributed by atoms with Crippen LogP contribution in [-0.2, 0) is 6.42 Å². The van der Waals surface area contributed by atoms with Gasteiger partial charge in [0.2, 0.25) is 0 Å². The lowest BCUT2D eigenvalue weighted by Crippen LogP contribution is -2.39. The Morgan fingerprint density at radius 3 is 3.00 bits per heavy atom. The Morgan fingerprint density at radius 1 is 1.50 bits per heavy atom. The van der Waals surface area contributed by atoms with Crippen molar-refractivity contribution in [3.8, 4) is 0 Å². The van der Waals surface area contributed by atoms with E-state index in [-0.39, 0.29) is 0 Å². The van der Waals surface area contributed by atoms with Gasteiger partial charge in [0, 0.05) is 18.9 Å². The van der Waals surface area contributed by atoms with Crippen LogP contribution in [0.1, 0.15) is 31.2 Å². The molecular formula is C15H21ClN2. The summed E-state index contributed by atoms with van der Waals surface area (Å²) < 4.78 is 0. The quantitative estimate of drug-likeness (QED) is 0.903. The van der Waals surface area contributed by atoms with Crippen molar-refractivity contribution in [2.45, 2.75) is 32.1 Å². The van der Waals surface area contributed by atoms with Crippen LogP contribution in [0.4, 0.5) is 0 Å². The summed E-state index contributed by atoms with van der Waals surface area (Å²) in [5.74, 6) is 1.85. The van der Waals surface area contributed by atoms with Gasteiger partial charge in [-0.15, -0.1) is 0 Å². The van der Waals surface area contributed by atoms with Crippen LogP contribution in [0.5, 0.6) is 0 Å². The van der Waals surface area contributed by atoms with Gasteiger partial charge in [0.25, 0.3) is 0 Å². The molecule has 3 heteroatoms. The second kappa shape index (κ2) is 4.82. The van der Waals surface area contributed by atoms with Crippen LogP contribution in [-0.4, -0.2) is 18.6 Å². The fourth-order valence-corrected chi connectivity index (χ4v) is 4.52. The van der Waals surface area contributed by atoms with Crippen LogP contribution in [0.15, 0.2) is 18.5 Å². The third-order valence-corrected chi connectivity index (χ3v) is 5.37. The van der Waals surface area contributed by atoms with Gasteiger partial charge in [0.05, 0.1) is 5.02 Å². The molecule has 0 aliphatic heterocycles. The molecule has 1 aromatic heterocycles. The highest BCUT2D eigenvalue weighted by Crippen LogP contribution is 2.57. The van der Waals surface area contributed by atoms with E-state index in [1.807, 2.05) is 6.20 Å².